The molecule has 0 heterocycles. The third-order valence-corrected chi connectivity index (χ3v) is 3.76. The van der Waals surface area contributed by atoms with Crippen molar-refractivity contribution in [1.29, 1.82) is 0 Å². The molecule has 0 aromatic carbocycles. The summed E-state index contributed by atoms with van der Waals surface area (Å²) in [6, 6.07) is 0. The van der Waals surface area contributed by atoms with Gasteiger partial charge in [0, 0.05) is 13.2 Å². The fraction of sp³-hybridized carbons (Fsp3) is 0.778. The van der Waals surface area contributed by atoms with E-state index < -0.39 is 0 Å². The van der Waals surface area contributed by atoms with Gasteiger partial charge in [0.25, 0.3) is 0 Å². The van der Waals surface area contributed by atoms with Gasteiger partial charge in [-0.05, 0) is 51.4 Å². The molecule has 0 aliphatic heterocycles. The Morgan fingerprint density at radius 2 is 1.75 bits per heavy atom. The van der Waals surface area contributed by atoms with Crippen molar-refractivity contribution < 1.29 is 9.47 Å². The van der Waals surface area contributed by atoms with Gasteiger partial charge in [-0.1, -0.05) is 31.6 Å². The van der Waals surface area contributed by atoms with E-state index in [4.69, 9.17) is 9.47 Å². The fourth-order valence-corrected chi connectivity index (χ4v) is 2.23. The first kappa shape index (κ1) is 19.4. The van der Waals surface area contributed by atoms with Gasteiger partial charge in [-0.3, -0.25) is 0 Å². The maximum Gasteiger partial charge on any atom is 0.0700 e. The molecule has 118 valence electrons. The quantitative estimate of drug-likeness (QED) is 0.329. The highest BCUT2D eigenvalue weighted by atomic mass is 16.5. The minimum absolute atomic E-state index is 0.648. The molecule has 0 aliphatic rings. The lowest BCUT2D eigenvalue weighted by atomic mass is 9.88. The lowest BCUT2D eigenvalue weighted by molar-refractivity contribution is 0.0476. The molecule has 0 aromatic rings. The van der Waals surface area contributed by atoms with E-state index >= 15 is 0 Å². The summed E-state index contributed by atoms with van der Waals surface area (Å²) in [6.45, 7) is 17.4. The topological polar surface area (TPSA) is 18.5 Å². The summed E-state index contributed by atoms with van der Waals surface area (Å²) < 4.78 is 10.8. The van der Waals surface area contributed by atoms with Crippen molar-refractivity contribution in [3.05, 3.63) is 24.8 Å². The standard InChI is InChI=1S/C18H34O2/c1-6-8-9-18(16(3)4)11-10-17(5)12-13-20-15-14-19-7-2/h6,17-18H,1,3,7-15H2,2,4-5H3. The Morgan fingerprint density at radius 1 is 1.05 bits per heavy atom. The van der Waals surface area contributed by atoms with Crippen LogP contribution in [-0.2, 0) is 9.47 Å². The Hall–Kier alpha value is -0.600. The molecule has 0 radical (unpaired) electrons. The third-order valence-electron chi connectivity index (χ3n) is 3.76. The van der Waals surface area contributed by atoms with Crippen LogP contribution in [0.5, 0.6) is 0 Å². The van der Waals surface area contributed by atoms with E-state index in [1.54, 1.807) is 0 Å². The van der Waals surface area contributed by atoms with Crippen LogP contribution in [0.2, 0.25) is 0 Å². The number of hydrogen-bond acceptors (Lipinski definition) is 2. The molecule has 2 nitrogen and oxygen atoms in total. The molecule has 0 bridgehead atoms. The number of ether oxygens (including phenoxy) is 2. The minimum atomic E-state index is 0.648. The monoisotopic (exact) mass is 282 g/mol. The van der Waals surface area contributed by atoms with Gasteiger partial charge in [0.05, 0.1) is 13.2 Å². The molecule has 20 heavy (non-hydrogen) atoms. The highest BCUT2D eigenvalue weighted by Gasteiger charge is 2.11. The Kier molecular flexibility index (Phi) is 13.0. The summed E-state index contributed by atoms with van der Waals surface area (Å²) in [6.07, 6.45) is 7.91. The highest BCUT2D eigenvalue weighted by molar-refractivity contribution is 4.96. The zero-order chi connectivity index (χ0) is 15.2. The Morgan fingerprint density at radius 3 is 2.35 bits per heavy atom. The Balaban J connectivity index is 3.65. The maximum atomic E-state index is 5.57. The molecule has 2 heteroatoms. The average molecular weight is 282 g/mol. The van der Waals surface area contributed by atoms with Gasteiger partial charge < -0.3 is 9.47 Å². The maximum absolute atomic E-state index is 5.57. The molecule has 0 spiro atoms. The lowest BCUT2D eigenvalue weighted by Gasteiger charge is -2.19. The van der Waals surface area contributed by atoms with Gasteiger partial charge >= 0.3 is 0 Å². The molecular formula is C18H34O2. The molecule has 0 saturated carbocycles. The van der Waals surface area contributed by atoms with Gasteiger partial charge in [-0.25, -0.2) is 0 Å². The molecule has 0 aliphatic carbocycles. The smallest absolute Gasteiger partial charge is 0.0700 e. The second kappa shape index (κ2) is 13.4. The molecule has 0 rings (SSSR count). The molecule has 2 unspecified atom stereocenters. The summed E-state index contributed by atoms with van der Waals surface area (Å²) in [4.78, 5) is 0. The third kappa shape index (κ3) is 11.2. The number of hydrogen-bond donors (Lipinski definition) is 0. The van der Waals surface area contributed by atoms with Crippen LogP contribution in [-0.4, -0.2) is 26.4 Å². The first-order valence-electron chi connectivity index (χ1n) is 8.03. The van der Waals surface area contributed by atoms with Crippen LogP contribution < -0.4 is 0 Å². The zero-order valence-electron chi connectivity index (χ0n) is 13.8. The molecule has 0 N–H and O–H groups in total. The van der Waals surface area contributed by atoms with Gasteiger partial charge in [-0.15, -0.1) is 6.58 Å². The van der Waals surface area contributed by atoms with E-state index in [-0.39, 0.29) is 0 Å². The van der Waals surface area contributed by atoms with Crippen LogP contribution in [0.3, 0.4) is 0 Å². The first-order valence-corrected chi connectivity index (χ1v) is 8.03. The van der Waals surface area contributed by atoms with Crippen LogP contribution in [0.1, 0.15) is 52.9 Å². The average Bonchev–Trinajstić information content (AvgIpc) is 2.42. The van der Waals surface area contributed by atoms with Crippen molar-refractivity contribution in [2.75, 3.05) is 26.4 Å². The van der Waals surface area contributed by atoms with Crippen molar-refractivity contribution in [3.63, 3.8) is 0 Å². The molecule has 0 saturated heterocycles. The number of allylic oxidation sites excluding steroid dienone is 2. The molecule has 0 aromatic heterocycles. The molecule has 0 amide bonds. The molecule has 2 atom stereocenters. The zero-order valence-corrected chi connectivity index (χ0v) is 13.8. The largest absolute Gasteiger partial charge is 0.379 e. The molecular weight excluding hydrogens is 248 g/mol. The Bertz CT molecular complexity index is 248. The summed E-state index contributed by atoms with van der Waals surface area (Å²) in [7, 11) is 0. The van der Waals surface area contributed by atoms with Crippen molar-refractivity contribution in [1.82, 2.24) is 0 Å². The first-order chi connectivity index (χ1) is 9.61. The van der Waals surface area contributed by atoms with Crippen molar-refractivity contribution in [3.8, 4) is 0 Å². The second-order valence-corrected chi connectivity index (χ2v) is 5.69. The van der Waals surface area contributed by atoms with E-state index in [2.05, 4.69) is 27.0 Å². The lowest BCUT2D eigenvalue weighted by Crippen LogP contribution is -2.09. The summed E-state index contributed by atoms with van der Waals surface area (Å²) in [5.41, 5.74) is 1.31. The van der Waals surface area contributed by atoms with Crippen molar-refractivity contribution >= 4 is 0 Å². The van der Waals surface area contributed by atoms with Gasteiger partial charge in [-0.2, -0.15) is 0 Å². The predicted molar refractivity (Wildman–Crippen MR) is 88.1 cm³/mol. The number of rotatable bonds is 14. The van der Waals surface area contributed by atoms with Crippen LogP contribution in [0, 0.1) is 11.8 Å². The summed E-state index contributed by atoms with van der Waals surface area (Å²) >= 11 is 0. The van der Waals surface area contributed by atoms with Gasteiger partial charge in [0.15, 0.2) is 0 Å². The van der Waals surface area contributed by atoms with E-state index in [0.717, 1.165) is 26.1 Å². The normalized spacial score (nSPS) is 13.9. The Labute approximate surface area is 126 Å². The van der Waals surface area contributed by atoms with Crippen LogP contribution in [0.15, 0.2) is 24.8 Å². The SMILES string of the molecule is C=CCCC(CCC(C)CCOCCOCC)C(=C)C. The van der Waals surface area contributed by atoms with E-state index in [0.29, 0.717) is 25.0 Å². The minimum Gasteiger partial charge on any atom is -0.379 e. The van der Waals surface area contributed by atoms with Gasteiger partial charge in [0.1, 0.15) is 0 Å². The van der Waals surface area contributed by atoms with Crippen LogP contribution >= 0.6 is 0 Å². The molecule has 0 fully saturated rings. The fourth-order valence-electron chi connectivity index (χ4n) is 2.23. The van der Waals surface area contributed by atoms with E-state index in [9.17, 15) is 0 Å². The van der Waals surface area contributed by atoms with Crippen LogP contribution in [0.25, 0.3) is 0 Å². The highest BCUT2D eigenvalue weighted by Crippen LogP contribution is 2.24. The van der Waals surface area contributed by atoms with E-state index in [1.165, 1.54) is 24.8 Å². The second-order valence-electron chi connectivity index (χ2n) is 5.69. The van der Waals surface area contributed by atoms with E-state index in [1.807, 2.05) is 13.0 Å². The summed E-state index contributed by atoms with van der Waals surface area (Å²) in [5.74, 6) is 1.36. The van der Waals surface area contributed by atoms with Crippen molar-refractivity contribution in [2.45, 2.75) is 52.9 Å². The predicted octanol–water partition coefficient (Wildman–Crippen LogP) is 5.00. The summed E-state index contributed by atoms with van der Waals surface area (Å²) in [5, 5.41) is 0. The van der Waals surface area contributed by atoms with Crippen molar-refractivity contribution in [2.24, 2.45) is 11.8 Å². The van der Waals surface area contributed by atoms with Crippen LogP contribution in [0.4, 0.5) is 0 Å². The van der Waals surface area contributed by atoms with Gasteiger partial charge in [0.2, 0.25) is 0 Å².